The molecule has 100 valence electrons. The van der Waals surface area contributed by atoms with Gasteiger partial charge in [-0.3, -0.25) is 0 Å². The quantitative estimate of drug-likeness (QED) is 0.782. The van der Waals surface area contributed by atoms with Gasteiger partial charge in [0.2, 0.25) is 0 Å². The molecule has 2 heterocycles. The van der Waals surface area contributed by atoms with Crippen molar-refractivity contribution in [2.75, 3.05) is 5.73 Å². The summed E-state index contributed by atoms with van der Waals surface area (Å²) in [4.78, 5) is 8.13. The van der Waals surface area contributed by atoms with Gasteiger partial charge in [-0.25, -0.2) is 19.0 Å². The normalized spacial score (nSPS) is 10.7. The predicted octanol–water partition coefficient (Wildman–Crippen LogP) is 2.81. The van der Waals surface area contributed by atoms with Crippen LogP contribution in [0.15, 0.2) is 47.3 Å². The molecule has 0 aliphatic heterocycles. The lowest BCUT2D eigenvalue weighted by molar-refractivity contribution is 0.629. The van der Waals surface area contributed by atoms with Crippen LogP contribution in [-0.4, -0.2) is 19.7 Å². The van der Waals surface area contributed by atoms with Crippen LogP contribution < -0.4 is 5.73 Å². The largest absolute Gasteiger partial charge is 0.396 e. The summed E-state index contributed by atoms with van der Waals surface area (Å²) in [5.74, 6) is -0.0201. The second kappa shape index (κ2) is 5.01. The first kappa shape index (κ1) is 12.7. The van der Waals surface area contributed by atoms with E-state index in [0.29, 0.717) is 27.4 Å². The standard InChI is InChI=1S/C13H9BrFN5/c14-8-2-3-9(10(15)6-8)12-11(16)7-20(19-12)13-17-4-1-5-18-13/h1-7H,16H2. The fourth-order valence-electron chi connectivity index (χ4n) is 1.79. The highest BCUT2D eigenvalue weighted by Gasteiger charge is 2.14. The molecule has 0 unspecified atom stereocenters. The van der Waals surface area contributed by atoms with Crippen molar-refractivity contribution in [3.05, 3.63) is 53.1 Å². The van der Waals surface area contributed by atoms with E-state index in [4.69, 9.17) is 5.73 Å². The van der Waals surface area contributed by atoms with Crippen LogP contribution in [0.4, 0.5) is 10.1 Å². The van der Waals surface area contributed by atoms with Gasteiger partial charge in [-0.05, 0) is 24.3 Å². The van der Waals surface area contributed by atoms with Gasteiger partial charge >= 0.3 is 0 Å². The van der Waals surface area contributed by atoms with E-state index < -0.39 is 5.82 Å². The third kappa shape index (κ3) is 2.27. The number of aromatic nitrogens is 4. The highest BCUT2D eigenvalue weighted by molar-refractivity contribution is 9.10. The fraction of sp³-hybridized carbons (Fsp3) is 0. The number of halogens is 2. The molecule has 0 aliphatic carbocycles. The molecule has 0 atom stereocenters. The van der Waals surface area contributed by atoms with Crippen LogP contribution >= 0.6 is 15.9 Å². The summed E-state index contributed by atoms with van der Waals surface area (Å²) in [5.41, 5.74) is 6.96. The van der Waals surface area contributed by atoms with Gasteiger partial charge in [-0.1, -0.05) is 15.9 Å². The van der Waals surface area contributed by atoms with Crippen molar-refractivity contribution >= 4 is 21.6 Å². The molecule has 0 saturated heterocycles. The monoisotopic (exact) mass is 333 g/mol. The van der Waals surface area contributed by atoms with Crippen LogP contribution in [0.1, 0.15) is 0 Å². The Labute approximate surface area is 122 Å². The summed E-state index contributed by atoms with van der Waals surface area (Å²) in [6.07, 6.45) is 4.76. The van der Waals surface area contributed by atoms with Gasteiger partial charge in [0.05, 0.1) is 11.9 Å². The average molecular weight is 334 g/mol. The van der Waals surface area contributed by atoms with Crippen molar-refractivity contribution in [3.63, 3.8) is 0 Å². The molecule has 0 fully saturated rings. The molecule has 5 nitrogen and oxygen atoms in total. The van der Waals surface area contributed by atoms with Crippen LogP contribution in [0.5, 0.6) is 0 Å². The molecule has 20 heavy (non-hydrogen) atoms. The molecule has 3 rings (SSSR count). The first-order valence-corrected chi connectivity index (χ1v) is 6.52. The van der Waals surface area contributed by atoms with E-state index in [1.54, 1.807) is 36.8 Å². The number of nitrogens with zero attached hydrogens (tertiary/aromatic N) is 4. The van der Waals surface area contributed by atoms with Gasteiger partial charge in [0, 0.05) is 22.4 Å². The molecule has 1 aromatic carbocycles. The zero-order chi connectivity index (χ0) is 14.1. The molecular formula is C13H9BrFN5. The Bertz CT molecular complexity index is 757. The lowest BCUT2D eigenvalue weighted by Gasteiger charge is -2.01. The number of benzene rings is 1. The maximum Gasteiger partial charge on any atom is 0.250 e. The predicted molar refractivity (Wildman–Crippen MR) is 76.7 cm³/mol. The van der Waals surface area contributed by atoms with Crippen molar-refractivity contribution in [1.29, 1.82) is 0 Å². The molecule has 0 spiro atoms. The average Bonchev–Trinajstić information content (AvgIpc) is 2.82. The van der Waals surface area contributed by atoms with E-state index >= 15 is 0 Å². The summed E-state index contributed by atoms with van der Waals surface area (Å²) >= 11 is 3.21. The van der Waals surface area contributed by atoms with Crippen LogP contribution in [0.3, 0.4) is 0 Å². The third-order valence-corrected chi connectivity index (χ3v) is 3.18. The van der Waals surface area contributed by atoms with Crippen LogP contribution in [0, 0.1) is 5.82 Å². The Kier molecular flexibility index (Phi) is 3.19. The number of rotatable bonds is 2. The molecule has 0 amide bonds. The topological polar surface area (TPSA) is 69.6 Å². The van der Waals surface area contributed by atoms with Gasteiger partial charge in [-0.2, -0.15) is 5.10 Å². The SMILES string of the molecule is Nc1cn(-c2ncccn2)nc1-c1ccc(Br)cc1F. The number of hydrogen-bond acceptors (Lipinski definition) is 4. The van der Waals surface area contributed by atoms with Crippen LogP contribution in [0.2, 0.25) is 0 Å². The van der Waals surface area contributed by atoms with E-state index in [-0.39, 0.29) is 0 Å². The van der Waals surface area contributed by atoms with Gasteiger partial charge in [0.1, 0.15) is 11.5 Å². The van der Waals surface area contributed by atoms with Crippen molar-refractivity contribution in [3.8, 4) is 17.2 Å². The van der Waals surface area contributed by atoms with Crippen LogP contribution in [0.25, 0.3) is 17.2 Å². The van der Waals surface area contributed by atoms with Crippen molar-refractivity contribution in [2.24, 2.45) is 0 Å². The molecule has 0 bridgehead atoms. The summed E-state index contributed by atoms with van der Waals surface area (Å²) in [6, 6.07) is 6.42. The van der Waals surface area contributed by atoms with Gasteiger partial charge in [0.25, 0.3) is 5.95 Å². The minimum atomic E-state index is -0.398. The second-order valence-corrected chi connectivity index (χ2v) is 4.97. The number of nitrogens with two attached hydrogens (primary N) is 1. The molecular weight excluding hydrogens is 325 g/mol. The van der Waals surface area contributed by atoms with E-state index in [0.717, 1.165) is 0 Å². The Hall–Kier alpha value is -2.28. The maximum absolute atomic E-state index is 14.0. The van der Waals surface area contributed by atoms with E-state index in [1.807, 2.05) is 0 Å². The molecule has 0 radical (unpaired) electrons. The zero-order valence-corrected chi connectivity index (χ0v) is 11.7. The Morgan fingerprint density at radius 2 is 1.95 bits per heavy atom. The van der Waals surface area contributed by atoms with Crippen molar-refractivity contribution < 1.29 is 4.39 Å². The first-order valence-electron chi connectivity index (χ1n) is 5.73. The van der Waals surface area contributed by atoms with Crippen LogP contribution in [-0.2, 0) is 0 Å². The van der Waals surface area contributed by atoms with Crippen molar-refractivity contribution in [1.82, 2.24) is 19.7 Å². The zero-order valence-electron chi connectivity index (χ0n) is 10.2. The minimum absolute atomic E-state index is 0.334. The summed E-state index contributed by atoms with van der Waals surface area (Å²) < 4.78 is 16.0. The number of hydrogen-bond donors (Lipinski definition) is 1. The lowest BCUT2D eigenvalue weighted by atomic mass is 10.1. The Morgan fingerprint density at radius 3 is 2.65 bits per heavy atom. The summed E-state index contributed by atoms with van der Waals surface area (Å²) in [6.45, 7) is 0. The molecule has 0 saturated carbocycles. The summed E-state index contributed by atoms with van der Waals surface area (Å²) in [7, 11) is 0. The summed E-state index contributed by atoms with van der Waals surface area (Å²) in [5, 5.41) is 4.25. The van der Waals surface area contributed by atoms with E-state index in [9.17, 15) is 4.39 Å². The third-order valence-electron chi connectivity index (χ3n) is 2.69. The molecule has 0 aliphatic rings. The molecule has 2 N–H and O–H groups in total. The van der Waals surface area contributed by atoms with Gasteiger partial charge in [-0.15, -0.1) is 0 Å². The molecule has 2 aromatic heterocycles. The molecule has 3 aromatic rings. The Balaban J connectivity index is 2.10. The van der Waals surface area contributed by atoms with E-state index in [1.165, 1.54) is 10.7 Å². The van der Waals surface area contributed by atoms with E-state index in [2.05, 4.69) is 31.0 Å². The fourth-order valence-corrected chi connectivity index (χ4v) is 2.12. The minimum Gasteiger partial charge on any atom is -0.396 e. The highest BCUT2D eigenvalue weighted by atomic mass is 79.9. The lowest BCUT2D eigenvalue weighted by Crippen LogP contribution is -2.00. The van der Waals surface area contributed by atoms with Gasteiger partial charge in [0.15, 0.2) is 0 Å². The van der Waals surface area contributed by atoms with Gasteiger partial charge < -0.3 is 5.73 Å². The number of anilines is 1. The maximum atomic E-state index is 14.0. The molecule has 7 heteroatoms. The second-order valence-electron chi connectivity index (χ2n) is 4.05. The highest BCUT2D eigenvalue weighted by Crippen LogP contribution is 2.28. The Morgan fingerprint density at radius 1 is 1.20 bits per heavy atom. The van der Waals surface area contributed by atoms with Crippen molar-refractivity contribution in [2.45, 2.75) is 0 Å². The smallest absolute Gasteiger partial charge is 0.250 e. The first-order chi connectivity index (χ1) is 9.65. The number of nitrogen functional groups attached to an aromatic ring is 1.